The van der Waals surface area contributed by atoms with Gasteiger partial charge in [-0.2, -0.15) is 5.10 Å². The van der Waals surface area contributed by atoms with Gasteiger partial charge in [-0.05, 0) is 43.4 Å². The first-order valence-corrected chi connectivity index (χ1v) is 9.13. The Morgan fingerprint density at radius 2 is 2.27 bits per heavy atom. The maximum Gasteiger partial charge on any atom is 0.313 e. The Balaban J connectivity index is 1.65. The molecule has 2 aliphatic heterocycles. The Bertz CT molecular complexity index is 818. The van der Waals surface area contributed by atoms with Crippen molar-refractivity contribution in [1.29, 1.82) is 0 Å². The van der Waals surface area contributed by atoms with E-state index < -0.39 is 11.4 Å². The molecule has 26 heavy (non-hydrogen) atoms. The second-order valence-corrected chi connectivity index (χ2v) is 7.71. The third kappa shape index (κ3) is 2.83. The van der Waals surface area contributed by atoms with Crippen molar-refractivity contribution in [2.75, 3.05) is 26.3 Å². The van der Waals surface area contributed by atoms with Gasteiger partial charge in [0.1, 0.15) is 5.41 Å². The van der Waals surface area contributed by atoms with Crippen molar-refractivity contribution in [3.05, 3.63) is 47.3 Å². The molecule has 2 fully saturated rings. The Hall–Kier alpha value is -2.18. The van der Waals surface area contributed by atoms with Crippen LogP contribution >= 0.6 is 0 Å². The lowest BCUT2D eigenvalue weighted by Gasteiger charge is -2.34. The zero-order valence-electron chi connectivity index (χ0n) is 15.3. The van der Waals surface area contributed by atoms with Crippen LogP contribution in [0.5, 0.6) is 0 Å². The van der Waals surface area contributed by atoms with Gasteiger partial charge in [-0.15, -0.1) is 0 Å². The minimum Gasteiger partial charge on any atom is -0.481 e. The van der Waals surface area contributed by atoms with Crippen molar-refractivity contribution >= 4 is 5.97 Å². The highest BCUT2D eigenvalue weighted by atomic mass is 16.5. The number of hydrogen-bond acceptors (Lipinski definition) is 4. The summed E-state index contributed by atoms with van der Waals surface area (Å²) in [7, 11) is 0. The summed E-state index contributed by atoms with van der Waals surface area (Å²) in [5, 5.41) is 14.3. The molecule has 0 bridgehead atoms. The molecule has 0 spiro atoms. The highest BCUT2D eigenvalue weighted by molar-refractivity contribution is 5.76. The van der Waals surface area contributed by atoms with Crippen molar-refractivity contribution in [1.82, 2.24) is 14.7 Å². The molecule has 2 aromatic rings. The SMILES string of the molecule is Cc1cc(C)c(-n2cccn2)c(CN2C[C@@H]3CCOC[C@]3(C(=O)O)C2)c1. The van der Waals surface area contributed by atoms with E-state index in [9.17, 15) is 9.90 Å². The van der Waals surface area contributed by atoms with E-state index in [0.717, 1.165) is 25.2 Å². The summed E-state index contributed by atoms with van der Waals surface area (Å²) in [4.78, 5) is 14.3. The standard InChI is InChI=1S/C20H25N3O3/c1-14-8-15(2)18(23-6-3-5-21-23)16(9-14)10-22-11-17-4-7-26-13-20(17,12-22)19(24)25/h3,5-6,8-9,17H,4,7,10-13H2,1-2H3,(H,24,25)/t17-,20+/m0/s1. The Kier molecular flexibility index (Phi) is 4.32. The average molecular weight is 355 g/mol. The van der Waals surface area contributed by atoms with Gasteiger partial charge in [0, 0.05) is 38.6 Å². The number of carboxylic acids is 1. The first kappa shape index (κ1) is 17.2. The van der Waals surface area contributed by atoms with Crippen LogP contribution in [0.4, 0.5) is 0 Å². The molecular formula is C20H25N3O3. The molecule has 6 heteroatoms. The molecule has 0 amide bonds. The largest absolute Gasteiger partial charge is 0.481 e. The van der Waals surface area contributed by atoms with E-state index in [0.29, 0.717) is 19.8 Å². The first-order valence-electron chi connectivity index (χ1n) is 9.13. The number of carboxylic acid groups (broad SMARTS) is 1. The Labute approximate surface area is 153 Å². The number of hydrogen-bond donors (Lipinski definition) is 1. The molecule has 2 saturated heterocycles. The van der Waals surface area contributed by atoms with Crippen LogP contribution in [0.15, 0.2) is 30.6 Å². The maximum absolute atomic E-state index is 12.0. The first-order chi connectivity index (χ1) is 12.5. The number of aromatic nitrogens is 2. The average Bonchev–Trinajstić information content (AvgIpc) is 3.21. The van der Waals surface area contributed by atoms with Crippen molar-refractivity contribution in [3.8, 4) is 5.69 Å². The number of rotatable bonds is 4. The fourth-order valence-corrected chi connectivity index (χ4v) is 4.65. The molecule has 4 rings (SSSR count). The number of nitrogens with zero attached hydrogens (tertiary/aromatic N) is 3. The quantitative estimate of drug-likeness (QED) is 0.912. The second kappa shape index (κ2) is 6.52. The number of aliphatic carboxylic acids is 1. The lowest BCUT2D eigenvalue weighted by atomic mass is 9.76. The zero-order valence-corrected chi connectivity index (χ0v) is 15.3. The number of carbonyl (C=O) groups is 1. The summed E-state index contributed by atoms with van der Waals surface area (Å²) >= 11 is 0. The zero-order chi connectivity index (χ0) is 18.3. The topological polar surface area (TPSA) is 67.6 Å². The molecule has 1 N–H and O–H groups in total. The van der Waals surface area contributed by atoms with Crippen LogP contribution in [0.1, 0.15) is 23.1 Å². The van der Waals surface area contributed by atoms with Crippen LogP contribution < -0.4 is 0 Å². The molecule has 0 aliphatic carbocycles. The van der Waals surface area contributed by atoms with Gasteiger partial charge in [0.05, 0.1) is 12.3 Å². The van der Waals surface area contributed by atoms with Gasteiger partial charge >= 0.3 is 5.97 Å². The third-order valence-electron chi connectivity index (χ3n) is 5.81. The van der Waals surface area contributed by atoms with Crippen molar-refractivity contribution in [2.24, 2.45) is 11.3 Å². The van der Waals surface area contributed by atoms with E-state index in [1.54, 1.807) is 6.20 Å². The van der Waals surface area contributed by atoms with Gasteiger partial charge in [-0.25, -0.2) is 4.68 Å². The van der Waals surface area contributed by atoms with Gasteiger partial charge in [0.15, 0.2) is 0 Å². The van der Waals surface area contributed by atoms with Crippen LogP contribution in [0.3, 0.4) is 0 Å². The fraction of sp³-hybridized carbons (Fsp3) is 0.500. The third-order valence-corrected chi connectivity index (χ3v) is 5.81. The van der Waals surface area contributed by atoms with Crippen LogP contribution in [0.25, 0.3) is 5.69 Å². The van der Waals surface area contributed by atoms with Gasteiger partial charge in [-0.3, -0.25) is 9.69 Å². The minimum absolute atomic E-state index is 0.160. The van der Waals surface area contributed by atoms with Gasteiger partial charge in [0.25, 0.3) is 0 Å². The molecule has 3 heterocycles. The van der Waals surface area contributed by atoms with Gasteiger partial charge in [-0.1, -0.05) is 17.7 Å². The van der Waals surface area contributed by atoms with Crippen LogP contribution in [-0.2, 0) is 16.1 Å². The summed E-state index contributed by atoms with van der Waals surface area (Å²) in [5.74, 6) is -0.565. The maximum atomic E-state index is 12.0. The Morgan fingerprint density at radius 3 is 2.96 bits per heavy atom. The van der Waals surface area contributed by atoms with Gasteiger partial charge in [0.2, 0.25) is 0 Å². The van der Waals surface area contributed by atoms with Crippen LogP contribution in [0.2, 0.25) is 0 Å². The van der Waals surface area contributed by atoms with Crippen LogP contribution in [0, 0.1) is 25.2 Å². The predicted octanol–water partition coefficient (Wildman–Crippen LogP) is 2.41. The molecule has 0 saturated carbocycles. The van der Waals surface area contributed by atoms with Crippen molar-refractivity contribution in [3.63, 3.8) is 0 Å². The smallest absolute Gasteiger partial charge is 0.313 e. The summed E-state index contributed by atoms with van der Waals surface area (Å²) in [6.45, 7) is 7.25. The molecule has 1 aromatic heterocycles. The number of aryl methyl sites for hydroxylation is 2. The lowest BCUT2D eigenvalue weighted by molar-refractivity contribution is -0.159. The number of ether oxygens (including phenoxy) is 1. The van der Waals surface area contributed by atoms with E-state index in [2.05, 4.69) is 36.0 Å². The van der Waals surface area contributed by atoms with Crippen molar-refractivity contribution < 1.29 is 14.6 Å². The monoisotopic (exact) mass is 355 g/mol. The molecular weight excluding hydrogens is 330 g/mol. The summed E-state index contributed by atoms with van der Waals surface area (Å²) in [6, 6.07) is 6.27. The van der Waals surface area contributed by atoms with E-state index in [1.165, 1.54) is 16.7 Å². The molecule has 0 unspecified atom stereocenters. The van der Waals surface area contributed by atoms with E-state index in [1.807, 2.05) is 16.9 Å². The molecule has 1 aromatic carbocycles. The molecule has 6 nitrogen and oxygen atoms in total. The van der Waals surface area contributed by atoms with Gasteiger partial charge < -0.3 is 9.84 Å². The van der Waals surface area contributed by atoms with Crippen LogP contribution in [-0.4, -0.2) is 52.1 Å². The van der Waals surface area contributed by atoms with Crippen molar-refractivity contribution in [2.45, 2.75) is 26.8 Å². The normalized spacial score (nSPS) is 26.0. The fourth-order valence-electron chi connectivity index (χ4n) is 4.65. The summed E-state index contributed by atoms with van der Waals surface area (Å²) in [6.07, 6.45) is 4.56. The molecule has 2 atom stereocenters. The number of benzene rings is 1. The highest BCUT2D eigenvalue weighted by Gasteiger charge is 2.54. The minimum atomic E-state index is -0.761. The number of likely N-dealkylation sites (tertiary alicyclic amines) is 1. The summed E-state index contributed by atoms with van der Waals surface area (Å²) < 4.78 is 7.45. The highest BCUT2D eigenvalue weighted by Crippen LogP contribution is 2.42. The molecule has 2 aliphatic rings. The lowest BCUT2D eigenvalue weighted by Crippen LogP contribution is -2.46. The Morgan fingerprint density at radius 1 is 1.42 bits per heavy atom. The predicted molar refractivity (Wildman–Crippen MR) is 97.3 cm³/mol. The number of fused-ring (bicyclic) bond motifs is 1. The van der Waals surface area contributed by atoms with E-state index >= 15 is 0 Å². The molecule has 0 radical (unpaired) electrons. The van der Waals surface area contributed by atoms with E-state index in [4.69, 9.17) is 4.74 Å². The summed E-state index contributed by atoms with van der Waals surface area (Å²) in [5.41, 5.74) is 3.91. The molecule has 138 valence electrons. The van der Waals surface area contributed by atoms with E-state index in [-0.39, 0.29) is 5.92 Å². The second-order valence-electron chi connectivity index (χ2n) is 7.71.